The lowest BCUT2D eigenvalue weighted by atomic mass is 10.5. The molecule has 0 aromatic carbocycles. The van der Waals surface area contributed by atoms with Crippen molar-refractivity contribution in [3.05, 3.63) is 0 Å². The van der Waals surface area contributed by atoms with Crippen molar-refractivity contribution in [2.45, 2.75) is 6.92 Å². The summed E-state index contributed by atoms with van der Waals surface area (Å²) in [6, 6.07) is 0. The van der Waals surface area contributed by atoms with E-state index in [0.29, 0.717) is 16.8 Å². The lowest BCUT2D eigenvalue weighted by Gasteiger charge is -2.23. The highest BCUT2D eigenvalue weighted by atomic mass is 36.0. The molecule has 0 aliphatic rings. The van der Waals surface area contributed by atoms with Gasteiger partial charge < -0.3 is 9.22 Å². The number of esters is 1. The largest absolute Gasteiger partial charge is 0.460 e. The first-order valence-electron chi connectivity index (χ1n) is 3.66. The second kappa shape index (κ2) is 8.94. The number of rotatable bonds is 3. The zero-order valence-corrected chi connectivity index (χ0v) is 10.7. The van der Waals surface area contributed by atoms with Crippen LogP contribution in [-0.4, -0.2) is 44.7 Å². The van der Waals surface area contributed by atoms with Gasteiger partial charge in [0.25, 0.3) is 0 Å². The van der Waals surface area contributed by atoms with Crippen molar-refractivity contribution in [3.8, 4) is 0 Å². The molecule has 0 saturated heterocycles. The number of ether oxygens (including phenoxy) is 1. The highest BCUT2D eigenvalue weighted by Crippen LogP contribution is 2.08. The van der Waals surface area contributed by atoms with Gasteiger partial charge in [0.1, 0.15) is 13.2 Å². The van der Waals surface area contributed by atoms with E-state index in [4.69, 9.17) is 4.74 Å². The van der Waals surface area contributed by atoms with Crippen LogP contribution in [0.15, 0.2) is 0 Å². The summed E-state index contributed by atoms with van der Waals surface area (Å²) in [6.07, 6.45) is 0. The van der Waals surface area contributed by atoms with E-state index in [0.717, 1.165) is 11.0 Å². The predicted octanol–water partition coefficient (Wildman–Crippen LogP) is 2.28. The Morgan fingerprint density at radius 3 is 2.00 bits per heavy atom. The Morgan fingerprint density at radius 2 is 1.77 bits per heavy atom. The van der Waals surface area contributed by atoms with Crippen LogP contribution in [0.3, 0.4) is 0 Å². The summed E-state index contributed by atoms with van der Waals surface area (Å²) < 4.78 is 5.59. The average Bonchev–Trinajstić information content (AvgIpc) is 1.84. The van der Waals surface area contributed by atoms with Crippen molar-refractivity contribution < 1.29 is 14.0 Å². The second-order valence-electron chi connectivity index (χ2n) is 3.41. The number of halogens is 2. The van der Waals surface area contributed by atoms with Gasteiger partial charge >= 0.3 is 5.97 Å². The predicted molar refractivity (Wildman–Crippen MR) is 58.8 cm³/mol. The van der Waals surface area contributed by atoms with E-state index in [9.17, 15) is 4.79 Å². The van der Waals surface area contributed by atoms with Crippen LogP contribution in [0.1, 0.15) is 6.92 Å². The van der Waals surface area contributed by atoms with Crippen LogP contribution in [0, 0.1) is 0 Å². The third-order valence-electron chi connectivity index (χ3n) is 1.07. The van der Waals surface area contributed by atoms with E-state index in [-0.39, 0.29) is 5.97 Å². The normalized spacial score (nSPS) is 10.0. The molecule has 0 unspecified atom stereocenters. The molecule has 0 aromatic rings. The van der Waals surface area contributed by atoms with Crippen LogP contribution < -0.4 is 0 Å². The third-order valence-corrected chi connectivity index (χ3v) is 1.07. The van der Waals surface area contributed by atoms with Crippen LogP contribution in [-0.2, 0) is 9.53 Å². The molecule has 0 saturated carbocycles. The Bertz CT molecular complexity index is 139. The van der Waals surface area contributed by atoms with Gasteiger partial charge in [0.2, 0.25) is 0 Å². The fraction of sp³-hybridized carbons (Fsp3) is 0.857. The molecular weight excluding hydrogens is 233 g/mol. The Morgan fingerprint density at radius 1 is 1.38 bits per heavy atom. The quantitative estimate of drug-likeness (QED) is 0.567. The fourth-order valence-electron chi connectivity index (χ4n) is 0.463. The summed E-state index contributed by atoms with van der Waals surface area (Å²) in [5, 5.41) is 0. The number of carbonyl (C=O) groups is 1. The Labute approximate surface area is 92.9 Å². The molecule has 0 rings (SSSR count). The van der Waals surface area contributed by atoms with E-state index in [1.165, 1.54) is 6.92 Å². The van der Waals surface area contributed by atoms with Gasteiger partial charge in [-0.1, -0.05) is 0 Å². The summed E-state index contributed by atoms with van der Waals surface area (Å²) >= 11 is 0. The molecule has 0 aliphatic heterocycles. The smallest absolute Gasteiger partial charge is 0.302 e. The van der Waals surface area contributed by atoms with Gasteiger partial charge in [-0.3, -0.25) is 4.79 Å². The minimum atomic E-state index is -0.201. The van der Waals surface area contributed by atoms with Crippen LogP contribution in [0.4, 0.5) is 0 Å². The lowest BCUT2D eigenvalue weighted by molar-refractivity contribution is -0.870. The SMILES string of the molecule is CC(=O)OCC[N+](C)(C)C.ClSCl. The molecule has 0 aliphatic carbocycles. The Hall–Kier alpha value is 0.360. The summed E-state index contributed by atoms with van der Waals surface area (Å²) in [4.78, 5) is 10.3. The molecular formula is C7H16Cl2NO2S+. The minimum Gasteiger partial charge on any atom is -0.460 e. The first-order valence-corrected chi connectivity index (χ1v) is 6.13. The summed E-state index contributed by atoms with van der Waals surface area (Å²) in [6.45, 7) is 2.80. The summed E-state index contributed by atoms with van der Waals surface area (Å²) in [5.41, 5.74) is 0. The second-order valence-corrected chi connectivity index (χ2v) is 4.93. The van der Waals surface area contributed by atoms with Gasteiger partial charge in [-0.2, -0.15) is 0 Å². The van der Waals surface area contributed by atoms with E-state index in [1.807, 2.05) is 0 Å². The molecule has 0 fully saturated rings. The maximum absolute atomic E-state index is 10.3. The number of hydrogen-bond donors (Lipinski definition) is 0. The van der Waals surface area contributed by atoms with Crippen LogP contribution in [0.25, 0.3) is 0 Å². The Kier molecular flexibility index (Phi) is 10.9. The average molecular weight is 249 g/mol. The first-order chi connectivity index (χ1) is 5.83. The van der Waals surface area contributed by atoms with Crippen LogP contribution in [0.5, 0.6) is 0 Å². The maximum atomic E-state index is 10.3. The molecule has 0 amide bonds. The molecule has 13 heavy (non-hydrogen) atoms. The highest BCUT2D eigenvalue weighted by Gasteiger charge is 2.06. The van der Waals surface area contributed by atoms with Crippen molar-refractivity contribution >= 4 is 37.5 Å². The van der Waals surface area contributed by atoms with Gasteiger partial charge in [-0.25, -0.2) is 0 Å². The van der Waals surface area contributed by atoms with Gasteiger partial charge in [0.15, 0.2) is 0 Å². The van der Waals surface area contributed by atoms with Gasteiger partial charge in [0.05, 0.1) is 31.3 Å². The molecule has 0 radical (unpaired) electrons. The van der Waals surface area contributed by atoms with Gasteiger partial charge in [-0.15, -0.1) is 0 Å². The summed E-state index contributed by atoms with van der Waals surface area (Å²) in [5.74, 6) is -0.201. The number of quaternary nitrogens is 1. The van der Waals surface area contributed by atoms with E-state index in [2.05, 4.69) is 42.5 Å². The molecule has 6 heteroatoms. The van der Waals surface area contributed by atoms with E-state index < -0.39 is 0 Å². The van der Waals surface area contributed by atoms with E-state index in [1.54, 1.807) is 0 Å². The molecule has 0 atom stereocenters. The number of likely N-dealkylation sites (N-methyl/N-ethyl adjacent to an activating group) is 1. The molecule has 3 nitrogen and oxygen atoms in total. The highest BCUT2D eigenvalue weighted by molar-refractivity contribution is 8.38. The monoisotopic (exact) mass is 248 g/mol. The molecule has 0 bridgehead atoms. The van der Waals surface area contributed by atoms with Crippen molar-refractivity contribution in [3.63, 3.8) is 0 Å². The first kappa shape index (κ1) is 15.8. The maximum Gasteiger partial charge on any atom is 0.302 e. The number of carbonyl (C=O) groups excluding carboxylic acids is 1. The topological polar surface area (TPSA) is 26.3 Å². The molecule has 0 aromatic heterocycles. The zero-order chi connectivity index (χ0) is 10.9. The Balaban J connectivity index is 0. The fourth-order valence-corrected chi connectivity index (χ4v) is 0.463. The van der Waals surface area contributed by atoms with Crippen LogP contribution >= 0.6 is 31.6 Å². The number of hydrogen-bond acceptors (Lipinski definition) is 3. The van der Waals surface area contributed by atoms with Gasteiger partial charge in [0, 0.05) is 6.92 Å². The van der Waals surface area contributed by atoms with Crippen molar-refractivity contribution in [1.29, 1.82) is 0 Å². The van der Waals surface area contributed by atoms with E-state index >= 15 is 0 Å². The standard InChI is InChI=1S/C7H16NO2.Cl2S/c1-7(9)10-6-5-8(2,3)4;1-3-2/h5-6H2,1-4H3;/q+1;. The zero-order valence-electron chi connectivity index (χ0n) is 8.34. The van der Waals surface area contributed by atoms with Crippen molar-refractivity contribution in [1.82, 2.24) is 0 Å². The van der Waals surface area contributed by atoms with Gasteiger partial charge in [-0.05, 0) is 21.4 Å². The van der Waals surface area contributed by atoms with Crippen molar-refractivity contribution in [2.75, 3.05) is 34.3 Å². The van der Waals surface area contributed by atoms with Crippen LogP contribution in [0.2, 0.25) is 0 Å². The molecule has 0 spiro atoms. The minimum absolute atomic E-state index is 0.201. The van der Waals surface area contributed by atoms with Crippen molar-refractivity contribution in [2.24, 2.45) is 0 Å². The molecule has 0 heterocycles. The molecule has 0 N–H and O–H groups in total. The third kappa shape index (κ3) is 24.5. The lowest BCUT2D eigenvalue weighted by Crippen LogP contribution is -2.37. The number of nitrogens with zero attached hydrogens (tertiary/aromatic N) is 1. The molecule has 80 valence electrons. The summed E-state index contributed by atoms with van der Waals surface area (Å²) in [7, 11) is 16.2.